The van der Waals surface area contributed by atoms with E-state index in [4.69, 9.17) is 32.6 Å². The van der Waals surface area contributed by atoms with E-state index in [-0.39, 0.29) is 58.9 Å². The standard InChI is InChI=1S/C41H37Cl2FN6O3/c1-20-28-16-32(39-24-12-26(49(39)41(52)21-7-8-21)19-48(18-24)25-9-11-53-33(51)15-25)50(38-23-14-31(38)46-17-23)40(28)29-13-22(4-3-10-45)34(36(44)37(29)47-20)27-5-2-6-30(42)35(27)43/h2,5-6,9,11,13,15-16,21,23-24,26,31,38-39,46H,3-4,7-8,12,14,17-19H2,1H3. The largest absolute Gasteiger partial charge is 0.431 e. The molecule has 4 bridgehead atoms. The molecular weight excluding hydrogens is 714 g/mol. The molecule has 6 unspecified atom stereocenters. The summed E-state index contributed by atoms with van der Waals surface area (Å²) in [5.41, 5.74) is 4.80. The van der Waals surface area contributed by atoms with Crippen LogP contribution in [0.15, 0.2) is 57.9 Å². The summed E-state index contributed by atoms with van der Waals surface area (Å²) >= 11 is 13.1. The van der Waals surface area contributed by atoms with Crippen LogP contribution in [0.5, 0.6) is 0 Å². The van der Waals surface area contributed by atoms with Crippen LogP contribution >= 0.6 is 23.2 Å². The molecule has 6 aliphatic rings. The summed E-state index contributed by atoms with van der Waals surface area (Å²) in [7, 11) is 0. The normalized spacial score (nSPS) is 26.0. The van der Waals surface area contributed by atoms with Crippen LogP contribution in [0.25, 0.3) is 32.9 Å². The number of aryl methyl sites for hydroxylation is 2. The molecule has 1 N–H and O–H groups in total. The number of nitrogens with one attached hydrogen (secondary N) is 1. The molecule has 2 aliphatic carbocycles. The molecule has 12 heteroatoms. The molecule has 6 atom stereocenters. The fraction of sp³-hybridized carbons (Fsp3) is 0.415. The van der Waals surface area contributed by atoms with Gasteiger partial charge in [-0.3, -0.25) is 4.79 Å². The number of hydrogen-bond acceptors (Lipinski definition) is 7. The molecule has 6 fully saturated rings. The average molecular weight is 752 g/mol. The molecule has 4 saturated heterocycles. The molecule has 7 heterocycles. The Morgan fingerprint density at radius 1 is 1.11 bits per heavy atom. The van der Waals surface area contributed by atoms with Crippen molar-refractivity contribution in [1.29, 1.82) is 5.26 Å². The molecule has 2 aromatic carbocycles. The molecule has 270 valence electrons. The number of carbonyl (C=O) groups is 1. The lowest BCUT2D eigenvalue weighted by molar-refractivity contribution is -0.135. The van der Waals surface area contributed by atoms with Gasteiger partial charge in [-0.25, -0.2) is 14.2 Å². The zero-order chi connectivity index (χ0) is 36.3. The Hall–Kier alpha value is -4.43. The summed E-state index contributed by atoms with van der Waals surface area (Å²) in [6, 6.07) is 15.2. The number of halogens is 3. The van der Waals surface area contributed by atoms with Gasteiger partial charge in [-0.05, 0) is 74.8 Å². The Labute approximate surface area is 315 Å². The van der Waals surface area contributed by atoms with Crippen molar-refractivity contribution in [2.45, 2.75) is 69.6 Å². The van der Waals surface area contributed by atoms with Crippen molar-refractivity contribution in [3.05, 3.63) is 92.0 Å². The first-order chi connectivity index (χ1) is 25.7. The SMILES string of the molecule is Cc1nc2c(F)c(-c3cccc(Cl)c3Cl)c(CCC#N)cc2c2c1cc(C1C3CC(CN(c4ccoc(=O)c4)C3)N1C(=O)C1CC1)n2C1C2CNC1C2. The zero-order valence-corrected chi connectivity index (χ0v) is 30.6. The highest BCUT2D eigenvalue weighted by molar-refractivity contribution is 6.43. The highest BCUT2D eigenvalue weighted by atomic mass is 35.5. The number of hydrogen-bond donors (Lipinski definition) is 1. The molecule has 1 amide bonds. The van der Waals surface area contributed by atoms with E-state index in [1.807, 2.05) is 19.1 Å². The van der Waals surface area contributed by atoms with Gasteiger partial charge in [-0.15, -0.1) is 0 Å². The summed E-state index contributed by atoms with van der Waals surface area (Å²) in [5, 5.41) is 15.6. The van der Waals surface area contributed by atoms with Gasteiger partial charge in [0.15, 0.2) is 5.82 Å². The van der Waals surface area contributed by atoms with Crippen molar-refractivity contribution in [1.82, 2.24) is 19.8 Å². The number of fused-ring (bicyclic) bond motifs is 6. The lowest BCUT2D eigenvalue weighted by atomic mass is 9.79. The second kappa shape index (κ2) is 12.3. The maximum atomic E-state index is 17.3. The first-order valence-corrected chi connectivity index (χ1v) is 19.3. The fourth-order valence-corrected chi connectivity index (χ4v) is 10.5. The number of nitriles is 1. The first-order valence-electron chi connectivity index (χ1n) is 18.6. The Kier molecular flexibility index (Phi) is 7.70. The Morgan fingerprint density at radius 2 is 1.96 bits per heavy atom. The third kappa shape index (κ3) is 5.07. The number of anilines is 1. The van der Waals surface area contributed by atoms with Crippen molar-refractivity contribution in [2.24, 2.45) is 17.8 Å². The van der Waals surface area contributed by atoms with Gasteiger partial charge in [-0.1, -0.05) is 35.3 Å². The number of aromatic nitrogens is 2. The summed E-state index contributed by atoms with van der Waals surface area (Å²) in [6.45, 7) is 4.16. The fourth-order valence-electron chi connectivity index (χ4n) is 10.1. The average Bonchev–Trinajstić information content (AvgIpc) is 3.43. The number of benzene rings is 2. The van der Waals surface area contributed by atoms with Crippen molar-refractivity contribution in [2.75, 3.05) is 24.5 Å². The second-order valence-electron chi connectivity index (χ2n) is 15.6. The van der Waals surface area contributed by atoms with E-state index in [0.717, 1.165) is 54.5 Å². The highest BCUT2D eigenvalue weighted by Crippen LogP contribution is 2.54. The van der Waals surface area contributed by atoms with E-state index in [2.05, 4.69) is 31.8 Å². The van der Waals surface area contributed by atoms with Crippen LogP contribution in [-0.4, -0.2) is 52.1 Å². The molecule has 0 radical (unpaired) electrons. The topological polar surface area (TPSA) is 107 Å². The van der Waals surface area contributed by atoms with Crippen LogP contribution in [0.2, 0.25) is 10.0 Å². The molecule has 4 aliphatic heterocycles. The van der Waals surface area contributed by atoms with Gasteiger partial charge in [0.1, 0.15) is 5.52 Å². The van der Waals surface area contributed by atoms with Gasteiger partial charge in [0, 0.05) is 89.0 Å². The predicted molar refractivity (Wildman–Crippen MR) is 202 cm³/mol. The highest BCUT2D eigenvalue weighted by Gasteiger charge is 2.55. The summed E-state index contributed by atoms with van der Waals surface area (Å²) in [5.74, 6) is 0.260. The number of piperidine rings is 1. The third-order valence-corrected chi connectivity index (χ3v) is 13.4. The van der Waals surface area contributed by atoms with Crippen molar-refractivity contribution < 1.29 is 13.6 Å². The van der Waals surface area contributed by atoms with Crippen LogP contribution in [0.1, 0.15) is 61.1 Å². The Bertz CT molecular complexity index is 2460. The van der Waals surface area contributed by atoms with Gasteiger partial charge in [-0.2, -0.15) is 5.26 Å². The Morgan fingerprint density at radius 3 is 2.70 bits per heavy atom. The quantitative estimate of drug-likeness (QED) is 0.181. The van der Waals surface area contributed by atoms with Crippen molar-refractivity contribution in [3.8, 4) is 17.2 Å². The van der Waals surface area contributed by atoms with Crippen molar-refractivity contribution >= 4 is 56.6 Å². The number of nitrogens with zero attached hydrogens (tertiary/aromatic N) is 5. The molecule has 0 spiro atoms. The third-order valence-electron chi connectivity index (χ3n) is 12.6. The number of carbonyl (C=O) groups excluding carboxylic acids is 1. The molecule has 11 rings (SSSR count). The van der Waals surface area contributed by atoms with E-state index in [1.54, 1.807) is 18.2 Å². The monoisotopic (exact) mass is 750 g/mol. The van der Waals surface area contributed by atoms with E-state index in [9.17, 15) is 14.9 Å². The smallest absolute Gasteiger partial charge is 0.337 e. The van der Waals surface area contributed by atoms with E-state index in [1.165, 1.54) is 12.3 Å². The van der Waals surface area contributed by atoms with E-state index in [0.29, 0.717) is 58.2 Å². The van der Waals surface area contributed by atoms with Crippen molar-refractivity contribution in [3.63, 3.8) is 0 Å². The predicted octanol–water partition coefficient (Wildman–Crippen LogP) is 7.74. The molecular formula is C41H37Cl2FN6O3. The number of likely N-dealkylation sites (tertiary alicyclic amines) is 1. The molecule has 2 saturated carbocycles. The maximum Gasteiger partial charge on any atom is 0.337 e. The molecule has 9 nitrogen and oxygen atoms in total. The lowest BCUT2D eigenvalue weighted by Gasteiger charge is -2.40. The van der Waals surface area contributed by atoms with Crippen LogP contribution in [0.3, 0.4) is 0 Å². The lowest BCUT2D eigenvalue weighted by Crippen LogP contribution is -2.45. The number of pyridine rings is 1. The maximum absolute atomic E-state index is 17.3. The van der Waals surface area contributed by atoms with Gasteiger partial charge >= 0.3 is 5.63 Å². The molecule has 3 aromatic heterocycles. The summed E-state index contributed by atoms with van der Waals surface area (Å²) < 4.78 is 24.8. The number of rotatable bonds is 7. The second-order valence-corrected chi connectivity index (χ2v) is 16.4. The van der Waals surface area contributed by atoms with Gasteiger partial charge < -0.3 is 24.1 Å². The van der Waals surface area contributed by atoms with Crippen LogP contribution < -0.4 is 15.8 Å². The van der Waals surface area contributed by atoms with Gasteiger partial charge in [0.25, 0.3) is 0 Å². The van der Waals surface area contributed by atoms with Crippen LogP contribution in [0, 0.1) is 41.8 Å². The number of amides is 1. The van der Waals surface area contributed by atoms with Gasteiger partial charge in [0.05, 0.1) is 46.0 Å². The summed E-state index contributed by atoms with van der Waals surface area (Å²) in [4.78, 5) is 36.0. The first kappa shape index (κ1) is 33.2. The van der Waals surface area contributed by atoms with Crippen LogP contribution in [-0.2, 0) is 11.2 Å². The summed E-state index contributed by atoms with van der Waals surface area (Å²) in [6.07, 6.45) is 5.70. The van der Waals surface area contributed by atoms with E-state index >= 15 is 4.39 Å². The van der Waals surface area contributed by atoms with E-state index < -0.39 is 11.4 Å². The molecule has 5 aromatic rings. The minimum atomic E-state index is -0.487. The van der Waals surface area contributed by atoms with Gasteiger partial charge in [0.2, 0.25) is 5.91 Å². The minimum absolute atomic E-state index is 0.0159. The van der Waals surface area contributed by atoms with Crippen LogP contribution in [0.4, 0.5) is 10.1 Å². The molecule has 53 heavy (non-hydrogen) atoms. The zero-order valence-electron chi connectivity index (χ0n) is 29.1. The Balaban J connectivity index is 1.21. The minimum Gasteiger partial charge on any atom is -0.431 e.